The molecule has 2 aromatic heterocycles. The highest BCUT2D eigenvalue weighted by atomic mass is 35.5. The fourth-order valence-electron chi connectivity index (χ4n) is 4.12. The van der Waals surface area contributed by atoms with Gasteiger partial charge in [0.05, 0.1) is 23.4 Å². The Morgan fingerprint density at radius 2 is 2.06 bits per heavy atom. The number of benzene rings is 2. The molecule has 1 unspecified atom stereocenters. The molecule has 1 aliphatic rings. The number of nitrogens with one attached hydrogen (secondary N) is 2. The van der Waals surface area contributed by atoms with E-state index in [0.717, 1.165) is 28.3 Å². The first-order valence-corrected chi connectivity index (χ1v) is 12.2. The van der Waals surface area contributed by atoms with E-state index in [4.69, 9.17) is 11.6 Å². The van der Waals surface area contributed by atoms with E-state index in [1.54, 1.807) is 24.4 Å². The van der Waals surface area contributed by atoms with Crippen molar-refractivity contribution in [1.29, 1.82) is 0 Å². The number of rotatable bonds is 4. The summed E-state index contributed by atoms with van der Waals surface area (Å²) >= 11 is 7.03. The van der Waals surface area contributed by atoms with Crippen LogP contribution in [-0.4, -0.2) is 57.7 Å². The molecule has 3 heterocycles. The number of hydrogen-bond donors (Lipinski definition) is 4. The fourth-order valence-corrected chi connectivity index (χ4v) is 5.33. The largest absolute Gasteiger partial charge is 0.492 e. The summed E-state index contributed by atoms with van der Waals surface area (Å²) in [5.74, 6) is -0.303. The first kappa shape index (κ1) is 24.6. The first-order valence-electron chi connectivity index (χ1n) is 11.0. The van der Waals surface area contributed by atoms with Crippen LogP contribution in [0.15, 0.2) is 42.6 Å². The van der Waals surface area contributed by atoms with Crippen molar-refractivity contribution in [2.45, 2.75) is 12.3 Å². The minimum absolute atomic E-state index is 0.0305. The molecule has 5 rings (SSSR count). The molecular weight excluding hydrogens is 515 g/mol. The van der Waals surface area contributed by atoms with Crippen LogP contribution in [0, 0.1) is 0 Å². The van der Waals surface area contributed by atoms with Gasteiger partial charge in [0.1, 0.15) is 4.88 Å². The smallest absolute Gasteiger partial charge is 0.417 e. The summed E-state index contributed by atoms with van der Waals surface area (Å²) in [6, 6.07) is 8.88. The van der Waals surface area contributed by atoms with Crippen molar-refractivity contribution in [3.05, 3.63) is 69.2 Å². The van der Waals surface area contributed by atoms with E-state index < -0.39 is 17.8 Å². The summed E-state index contributed by atoms with van der Waals surface area (Å²) in [5.41, 5.74) is 0.720. The number of nitrogens with zero attached hydrogens (tertiary/aromatic N) is 3. The Balaban J connectivity index is 1.67. The molecule has 36 heavy (non-hydrogen) atoms. The predicted molar refractivity (Wildman–Crippen MR) is 134 cm³/mol. The van der Waals surface area contributed by atoms with E-state index in [1.807, 2.05) is 4.90 Å². The van der Waals surface area contributed by atoms with Crippen molar-refractivity contribution in [3.63, 3.8) is 0 Å². The average molecular weight is 536 g/mol. The molecular formula is C24H21ClF3N5O2S. The van der Waals surface area contributed by atoms with E-state index in [-0.39, 0.29) is 16.5 Å². The number of H-pyrrole nitrogens is 1. The molecule has 0 bridgehead atoms. The van der Waals surface area contributed by atoms with Gasteiger partial charge >= 0.3 is 6.18 Å². The molecule has 4 N–H and O–H groups in total. The molecule has 0 aliphatic carbocycles. The van der Waals surface area contributed by atoms with E-state index >= 15 is 0 Å². The van der Waals surface area contributed by atoms with Crippen molar-refractivity contribution >= 4 is 50.6 Å². The second kappa shape index (κ2) is 9.74. The zero-order chi connectivity index (χ0) is 25.4. The third-order valence-electron chi connectivity index (χ3n) is 5.85. The van der Waals surface area contributed by atoms with Crippen LogP contribution in [0.2, 0.25) is 5.02 Å². The maximum absolute atomic E-state index is 13.9. The number of alkyl halides is 3. The lowest BCUT2D eigenvalue weighted by Gasteiger charge is -2.20. The van der Waals surface area contributed by atoms with Crippen LogP contribution < -0.4 is 10.2 Å². The normalized spacial score (nSPS) is 17.5. The van der Waals surface area contributed by atoms with E-state index in [9.17, 15) is 23.4 Å². The highest BCUT2D eigenvalue weighted by molar-refractivity contribution is 7.17. The first-order chi connectivity index (χ1) is 17.2. The van der Waals surface area contributed by atoms with Crippen LogP contribution in [0.3, 0.4) is 0 Å². The molecule has 0 radical (unpaired) electrons. The Kier molecular flexibility index (Phi) is 6.64. The SMILES string of the molecule is Oc1nc(N2CCNCC(O)C2)sc1C(=Cc1ccc(Cl)cc1C(F)(F)F)c1ccc2[nH]ncc2c1. The van der Waals surface area contributed by atoms with E-state index in [1.165, 1.54) is 18.2 Å². The molecule has 0 saturated carbocycles. The van der Waals surface area contributed by atoms with Gasteiger partial charge in [-0.25, -0.2) is 0 Å². The summed E-state index contributed by atoms with van der Waals surface area (Å²) < 4.78 is 41.6. The molecule has 7 nitrogen and oxygen atoms in total. The second-order valence-electron chi connectivity index (χ2n) is 8.41. The standard InChI is InChI=1S/C24H21ClF3N5O2S/c25-16-3-1-14(19(9-16)24(26,27)28)8-18(13-2-4-20-15(7-13)10-30-32-20)21-22(35)31-23(36-21)33-6-5-29-11-17(34)12-33/h1-4,7-10,17,29,34-35H,5-6,11-12H2,(H,30,32). The predicted octanol–water partition coefficient (Wildman–Crippen LogP) is 4.76. The second-order valence-corrected chi connectivity index (χ2v) is 9.83. The molecule has 1 atom stereocenters. The Hall–Kier alpha value is -3.12. The number of anilines is 1. The summed E-state index contributed by atoms with van der Waals surface area (Å²) in [6.07, 6.45) is -2.25. The molecule has 1 fully saturated rings. The lowest BCUT2D eigenvalue weighted by molar-refractivity contribution is -0.137. The number of halogens is 4. The minimum Gasteiger partial charge on any atom is -0.492 e. The minimum atomic E-state index is -4.63. The third kappa shape index (κ3) is 5.05. The van der Waals surface area contributed by atoms with E-state index in [2.05, 4.69) is 20.5 Å². The number of hydrogen-bond acceptors (Lipinski definition) is 7. The zero-order valence-electron chi connectivity index (χ0n) is 18.7. The number of aliphatic hydroxyl groups excluding tert-OH is 1. The number of thiazole rings is 1. The number of fused-ring (bicyclic) bond motifs is 1. The monoisotopic (exact) mass is 535 g/mol. The molecule has 1 saturated heterocycles. The highest BCUT2D eigenvalue weighted by Crippen LogP contribution is 2.42. The lowest BCUT2D eigenvalue weighted by Crippen LogP contribution is -2.32. The zero-order valence-corrected chi connectivity index (χ0v) is 20.3. The number of β-amino-alcohol motifs (C(OH)–C–C–N with tert-alkyl or cyclic N) is 1. The van der Waals surface area contributed by atoms with Crippen LogP contribution in [0.25, 0.3) is 22.6 Å². The Bertz CT molecular complexity index is 1430. The maximum atomic E-state index is 13.9. The molecule has 2 aromatic carbocycles. The summed E-state index contributed by atoms with van der Waals surface area (Å²) in [4.78, 5) is 6.45. The van der Waals surface area contributed by atoms with Crippen molar-refractivity contribution < 1.29 is 23.4 Å². The van der Waals surface area contributed by atoms with Gasteiger partial charge in [-0.1, -0.05) is 35.1 Å². The highest BCUT2D eigenvalue weighted by Gasteiger charge is 2.33. The lowest BCUT2D eigenvalue weighted by atomic mass is 9.98. The number of aromatic amines is 1. The van der Waals surface area contributed by atoms with Gasteiger partial charge < -0.3 is 20.4 Å². The Labute approximate surface area is 212 Å². The van der Waals surface area contributed by atoms with Gasteiger partial charge in [-0.3, -0.25) is 5.10 Å². The van der Waals surface area contributed by atoms with Crippen molar-refractivity contribution in [2.24, 2.45) is 0 Å². The average Bonchev–Trinajstić information content (AvgIpc) is 3.39. The topological polar surface area (TPSA) is 97.3 Å². The van der Waals surface area contributed by atoms with Gasteiger partial charge in [0.2, 0.25) is 5.88 Å². The van der Waals surface area contributed by atoms with Gasteiger partial charge in [-0.2, -0.15) is 23.3 Å². The molecule has 12 heteroatoms. The van der Waals surface area contributed by atoms with Gasteiger partial charge in [-0.15, -0.1) is 0 Å². The van der Waals surface area contributed by atoms with Crippen molar-refractivity contribution in [1.82, 2.24) is 20.5 Å². The number of aromatic hydroxyl groups is 1. The molecule has 188 valence electrons. The van der Waals surface area contributed by atoms with Crippen LogP contribution >= 0.6 is 22.9 Å². The van der Waals surface area contributed by atoms with Crippen molar-refractivity contribution in [3.8, 4) is 5.88 Å². The van der Waals surface area contributed by atoms with Crippen LogP contribution in [0.4, 0.5) is 18.3 Å². The van der Waals surface area contributed by atoms with Crippen LogP contribution in [-0.2, 0) is 6.18 Å². The summed E-state index contributed by atoms with van der Waals surface area (Å²) in [5, 5.41) is 32.2. The van der Waals surface area contributed by atoms with Crippen LogP contribution in [0.5, 0.6) is 5.88 Å². The van der Waals surface area contributed by atoms with Gasteiger partial charge in [0.25, 0.3) is 0 Å². The molecule has 0 amide bonds. The van der Waals surface area contributed by atoms with Crippen molar-refractivity contribution in [2.75, 3.05) is 31.1 Å². The number of aromatic nitrogens is 3. The van der Waals surface area contributed by atoms with Gasteiger partial charge in [0, 0.05) is 42.2 Å². The quantitative estimate of drug-likeness (QED) is 0.281. The fraction of sp³-hybridized carbons (Fsp3) is 0.250. The Morgan fingerprint density at radius 3 is 2.86 bits per heavy atom. The molecule has 1 aliphatic heterocycles. The van der Waals surface area contributed by atoms with Gasteiger partial charge in [-0.05, 0) is 41.5 Å². The number of aliphatic hydroxyl groups is 1. The third-order valence-corrected chi connectivity index (χ3v) is 7.23. The van der Waals surface area contributed by atoms with E-state index in [0.29, 0.717) is 47.3 Å². The Morgan fingerprint density at radius 1 is 1.22 bits per heavy atom. The molecule has 0 spiro atoms. The molecule has 4 aromatic rings. The maximum Gasteiger partial charge on any atom is 0.417 e. The van der Waals surface area contributed by atoms with Crippen LogP contribution in [0.1, 0.15) is 21.6 Å². The summed E-state index contributed by atoms with van der Waals surface area (Å²) in [7, 11) is 0. The van der Waals surface area contributed by atoms with Gasteiger partial charge in [0.15, 0.2) is 5.13 Å². The summed E-state index contributed by atoms with van der Waals surface area (Å²) in [6.45, 7) is 1.92.